The SMILES string of the molecule is COc1ccccc1N1CCN(c2ccc(SCC(=O)NCc3ccc(Cl)cc3)nn2)CC1. The molecule has 1 amide bonds. The molecule has 1 aliphatic heterocycles. The summed E-state index contributed by atoms with van der Waals surface area (Å²) in [6.07, 6.45) is 0. The van der Waals surface area contributed by atoms with E-state index in [0.29, 0.717) is 17.3 Å². The van der Waals surface area contributed by atoms with Crippen LogP contribution in [0.2, 0.25) is 5.02 Å². The van der Waals surface area contributed by atoms with E-state index in [1.165, 1.54) is 11.8 Å². The molecule has 2 aromatic carbocycles. The third-order valence-electron chi connectivity index (χ3n) is 5.41. The minimum Gasteiger partial charge on any atom is -0.495 e. The van der Waals surface area contributed by atoms with Crippen LogP contribution in [0.25, 0.3) is 0 Å². The number of anilines is 2. The first-order valence-electron chi connectivity index (χ1n) is 10.7. The Morgan fingerprint density at radius 2 is 1.73 bits per heavy atom. The molecule has 0 spiro atoms. The van der Waals surface area contributed by atoms with Crippen molar-refractivity contribution in [3.8, 4) is 5.75 Å². The second-order valence-electron chi connectivity index (χ2n) is 7.57. The summed E-state index contributed by atoms with van der Waals surface area (Å²) in [5.41, 5.74) is 2.12. The van der Waals surface area contributed by atoms with Crippen LogP contribution in [0, 0.1) is 0 Å². The smallest absolute Gasteiger partial charge is 0.230 e. The lowest BCUT2D eigenvalue weighted by molar-refractivity contribution is -0.118. The monoisotopic (exact) mass is 483 g/mol. The van der Waals surface area contributed by atoms with Crippen LogP contribution in [0.1, 0.15) is 5.56 Å². The van der Waals surface area contributed by atoms with Crippen LogP contribution < -0.4 is 19.9 Å². The minimum atomic E-state index is -0.0479. The molecule has 1 aliphatic rings. The number of rotatable bonds is 8. The molecule has 0 aliphatic carbocycles. The fourth-order valence-electron chi connectivity index (χ4n) is 3.62. The Morgan fingerprint density at radius 3 is 2.42 bits per heavy atom. The van der Waals surface area contributed by atoms with E-state index in [-0.39, 0.29) is 5.91 Å². The first-order chi connectivity index (χ1) is 16.1. The number of carbonyl (C=O) groups is 1. The van der Waals surface area contributed by atoms with Crippen LogP contribution in [0.5, 0.6) is 5.75 Å². The van der Waals surface area contributed by atoms with Crippen molar-refractivity contribution in [1.29, 1.82) is 0 Å². The third kappa shape index (κ3) is 6.30. The third-order valence-corrected chi connectivity index (χ3v) is 6.58. The number of aromatic nitrogens is 2. The number of halogens is 1. The molecule has 9 heteroatoms. The van der Waals surface area contributed by atoms with Gasteiger partial charge in [0.2, 0.25) is 5.91 Å². The number of methoxy groups -OCH3 is 1. The van der Waals surface area contributed by atoms with Crippen molar-refractivity contribution in [1.82, 2.24) is 15.5 Å². The first kappa shape index (κ1) is 23.2. The van der Waals surface area contributed by atoms with Crippen LogP contribution in [0.3, 0.4) is 0 Å². The molecule has 1 N–H and O–H groups in total. The maximum Gasteiger partial charge on any atom is 0.230 e. The Morgan fingerprint density at radius 1 is 1.00 bits per heavy atom. The van der Waals surface area contributed by atoms with Crippen LogP contribution in [-0.4, -0.2) is 55.1 Å². The van der Waals surface area contributed by atoms with E-state index >= 15 is 0 Å². The summed E-state index contributed by atoms with van der Waals surface area (Å²) in [4.78, 5) is 16.7. The lowest BCUT2D eigenvalue weighted by Crippen LogP contribution is -2.47. The predicted octanol–water partition coefficient (Wildman–Crippen LogP) is 3.87. The summed E-state index contributed by atoms with van der Waals surface area (Å²) in [7, 11) is 1.70. The molecule has 0 unspecified atom stereocenters. The summed E-state index contributed by atoms with van der Waals surface area (Å²) in [6, 6.07) is 19.4. The number of para-hydroxylation sites is 2. The van der Waals surface area contributed by atoms with E-state index in [0.717, 1.165) is 54.0 Å². The van der Waals surface area contributed by atoms with E-state index in [1.807, 2.05) is 54.6 Å². The number of nitrogens with one attached hydrogen (secondary N) is 1. The molecule has 2 heterocycles. The Kier molecular flexibility index (Phi) is 7.91. The van der Waals surface area contributed by atoms with Gasteiger partial charge in [-0.2, -0.15) is 0 Å². The zero-order chi connectivity index (χ0) is 23.0. The topological polar surface area (TPSA) is 70.6 Å². The maximum atomic E-state index is 12.1. The number of amides is 1. The summed E-state index contributed by atoms with van der Waals surface area (Å²) < 4.78 is 5.49. The van der Waals surface area contributed by atoms with Crippen molar-refractivity contribution in [3.63, 3.8) is 0 Å². The number of hydrogen-bond acceptors (Lipinski definition) is 7. The molecule has 4 rings (SSSR count). The van der Waals surface area contributed by atoms with E-state index < -0.39 is 0 Å². The molecular formula is C24H26ClN5O2S. The molecule has 33 heavy (non-hydrogen) atoms. The maximum absolute atomic E-state index is 12.1. The largest absolute Gasteiger partial charge is 0.495 e. The molecule has 1 fully saturated rings. The minimum absolute atomic E-state index is 0.0479. The molecule has 3 aromatic rings. The fraction of sp³-hybridized carbons (Fsp3) is 0.292. The van der Waals surface area contributed by atoms with Crippen LogP contribution in [0.15, 0.2) is 65.7 Å². The van der Waals surface area contributed by atoms with Crippen molar-refractivity contribution in [3.05, 3.63) is 71.2 Å². The van der Waals surface area contributed by atoms with Gasteiger partial charge in [0.05, 0.1) is 18.6 Å². The highest BCUT2D eigenvalue weighted by molar-refractivity contribution is 7.99. The normalized spacial score (nSPS) is 13.6. The Balaban J connectivity index is 1.23. The number of thioether (sulfide) groups is 1. The summed E-state index contributed by atoms with van der Waals surface area (Å²) in [5, 5.41) is 13.0. The molecular weight excluding hydrogens is 458 g/mol. The van der Waals surface area contributed by atoms with Gasteiger partial charge < -0.3 is 19.9 Å². The van der Waals surface area contributed by atoms with Crippen LogP contribution in [-0.2, 0) is 11.3 Å². The predicted molar refractivity (Wildman–Crippen MR) is 133 cm³/mol. The van der Waals surface area contributed by atoms with Crippen molar-refractivity contribution in [2.45, 2.75) is 11.6 Å². The second kappa shape index (κ2) is 11.2. The number of nitrogens with zero attached hydrogens (tertiary/aromatic N) is 4. The summed E-state index contributed by atoms with van der Waals surface area (Å²) in [6.45, 7) is 3.94. The molecule has 1 saturated heterocycles. The Hall–Kier alpha value is -2.97. The average molecular weight is 484 g/mol. The molecule has 0 atom stereocenters. The molecule has 172 valence electrons. The number of benzene rings is 2. The molecule has 0 radical (unpaired) electrons. The standard InChI is InChI=1S/C24H26ClN5O2S/c1-32-21-5-3-2-4-20(21)29-12-14-30(15-13-29)22-10-11-24(28-27-22)33-17-23(31)26-16-18-6-8-19(25)9-7-18/h2-11H,12-17H2,1H3,(H,26,31). The van der Waals surface area contributed by atoms with Gasteiger partial charge in [0.1, 0.15) is 10.8 Å². The van der Waals surface area contributed by atoms with E-state index in [9.17, 15) is 4.79 Å². The van der Waals surface area contributed by atoms with Crippen LogP contribution in [0.4, 0.5) is 11.5 Å². The zero-order valence-electron chi connectivity index (χ0n) is 18.4. The number of hydrogen-bond donors (Lipinski definition) is 1. The van der Waals surface area contributed by atoms with E-state index in [1.54, 1.807) is 7.11 Å². The van der Waals surface area contributed by atoms with Gasteiger partial charge in [-0.15, -0.1) is 10.2 Å². The fourth-order valence-corrected chi connectivity index (χ4v) is 4.39. The Bertz CT molecular complexity index is 1060. The van der Waals surface area contributed by atoms with Gasteiger partial charge in [-0.1, -0.05) is 47.6 Å². The first-order valence-corrected chi connectivity index (χ1v) is 12.1. The quantitative estimate of drug-likeness (QED) is 0.487. The summed E-state index contributed by atoms with van der Waals surface area (Å²) >= 11 is 7.26. The lowest BCUT2D eigenvalue weighted by atomic mass is 10.2. The average Bonchev–Trinajstić information content (AvgIpc) is 2.87. The van der Waals surface area contributed by atoms with Gasteiger partial charge in [-0.3, -0.25) is 4.79 Å². The van der Waals surface area contributed by atoms with Crippen LogP contribution >= 0.6 is 23.4 Å². The van der Waals surface area contributed by atoms with Gasteiger partial charge in [-0.25, -0.2) is 0 Å². The zero-order valence-corrected chi connectivity index (χ0v) is 20.0. The van der Waals surface area contributed by atoms with Crippen molar-refractivity contribution >= 4 is 40.8 Å². The second-order valence-corrected chi connectivity index (χ2v) is 9.00. The molecule has 0 bridgehead atoms. The van der Waals surface area contributed by atoms with Gasteiger partial charge in [-0.05, 0) is 42.0 Å². The van der Waals surface area contributed by atoms with Gasteiger partial charge in [0.15, 0.2) is 5.82 Å². The van der Waals surface area contributed by atoms with E-state index in [4.69, 9.17) is 16.3 Å². The Labute approximate surface area is 203 Å². The molecule has 0 saturated carbocycles. The lowest BCUT2D eigenvalue weighted by Gasteiger charge is -2.37. The highest BCUT2D eigenvalue weighted by Crippen LogP contribution is 2.29. The van der Waals surface area contributed by atoms with E-state index in [2.05, 4.69) is 31.4 Å². The van der Waals surface area contributed by atoms with Crippen molar-refractivity contribution in [2.75, 3.05) is 48.8 Å². The van der Waals surface area contributed by atoms with Crippen molar-refractivity contribution < 1.29 is 9.53 Å². The van der Waals surface area contributed by atoms with Gasteiger partial charge in [0, 0.05) is 37.7 Å². The molecule has 7 nitrogen and oxygen atoms in total. The highest BCUT2D eigenvalue weighted by atomic mass is 35.5. The van der Waals surface area contributed by atoms with Gasteiger partial charge in [0.25, 0.3) is 0 Å². The van der Waals surface area contributed by atoms with Crippen molar-refractivity contribution in [2.24, 2.45) is 0 Å². The van der Waals surface area contributed by atoms with Gasteiger partial charge >= 0.3 is 0 Å². The number of carbonyl (C=O) groups excluding carboxylic acids is 1. The number of ether oxygens (including phenoxy) is 1. The highest BCUT2D eigenvalue weighted by Gasteiger charge is 2.20. The molecule has 1 aromatic heterocycles. The number of piperazine rings is 1. The summed E-state index contributed by atoms with van der Waals surface area (Å²) in [5.74, 6) is 1.99.